The van der Waals surface area contributed by atoms with E-state index in [9.17, 15) is 4.79 Å². The normalized spacial score (nSPS) is 10.4. The molecule has 4 nitrogen and oxygen atoms in total. The molecule has 3 rings (SSSR count). The third-order valence-electron chi connectivity index (χ3n) is 4.10. The number of amides is 1. The van der Waals surface area contributed by atoms with E-state index in [0.717, 1.165) is 16.7 Å². The first-order valence-electron chi connectivity index (χ1n) is 8.86. The second-order valence-corrected chi connectivity index (χ2v) is 6.24. The molecule has 3 aromatic carbocycles. The summed E-state index contributed by atoms with van der Waals surface area (Å²) in [5.41, 5.74) is 3.78. The van der Waals surface area contributed by atoms with Crippen LogP contribution in [0, 0.1) is 0 Å². The highest BCUT2D eigenvalue weighted by Crippen LogP contribution is 2.15. The number of hydrogen-bond acceptors (Lipinski definition) is 3. The van der Waals surface area contributed by atoms with Gasteiger partial charge in [0.25, 0.3) is 5.91 Å². The van der Waals surface area contributed by atoms with Gasteiger partial charge in [-0.05, 0) is 34.9 Å². The maximum Gasteiger partial charge on any atom is 0.251 e. The van der Waals surface area contributed by atoms with Gasteiger partial charge >= 0.3 is 0 Å². The van der Waals surface area contributed by atoms with E-state index in [1.807, 2.05) is 66.7 Å². The molecule has 0 aliphatic heterocycles. The number of ether oxygens (including phenoxy) is 2. The molecule has 0 heterocycles. The van der Waals surface area contributed by atoms with Crippen LogP contribution in [0.3, 0.4) is 0 Å². The highest BCUT2D eigenvalue weighted by molar-refractivity contribution is 5.94. The summed E-state index contributed by atoms with van der Waals surface area (Å²) in [4.78, 5) is 12.5. The van der Waals surface area contributed by atoms with Gasteiger partial charge in [-0.2, -0.15) is 0 Å². The van der Waals surface area contributed by atoms with Crippen LogP contribution in [-0.2, 0) is 24.5 Å². The molecule has 0 fully saturated rings. The zero-order valence-corrected chi connectivity index (χ0v) is 15.4. The summed E-state index contributed by atoms with van der Waals surface area (Å²) in [6, 6.07) is 25.2. The van der Waals surface area contributed by atoms with Crippen LogP contribution in [-0.4, -0.2) is 13.0 Å². The van der Waals surface area contributed by atoms with Crippen molar-refractivity contribution in [3.05, 3.63) is 101 Å². The molecular formula is C23H23NO3. The van der Waals surface area contributed by atoms with Crippen LogP contribution in [0.4, 0.5) is 0 Å². The highest BCUT2D eigenvalue weighted by Gasteiger charge is 2.07. The van der Waals surface area contributed by atoms with Crippen LogP contribution < -0.4 is 10.1 Å². The van der Waals surface area contributed by atoms with Crippen molar-refractivity contribution in [1.29, 1.82) is 0 Å². The molecule has 0 aliphatic carbocycles. The van der Waals surface area contributed by atoms with E-state index in [4.69, 9.17) is 9.47 Å². The predicted molar refractivity (Wildman–Crippen MR) is 106 cm³/mol. The first kappa shape index (κ1) is 18.7. The molecule has 1 amide bonds. The maximum absolute atomic E-state index is 12.5. The SMILES string of the molecule is COCc1cccc(CNC(=O)c2cccc(OCc3ccccc3)c2)c1. The number of methoxy groups -OCH3 is 1. The Morgan fingerprint density at radius 1 is 0.815 bits per heavy atom. The Kier molecular flexibility index (Phi) is 6.61. The summed E-state index contributed by atoms with van der Waals surface area (Å²) in [7, 11) is 1.67. The Morgan fingerprint density at radius 3 is 2.37 bits per heavy atom. The van der Waals surface area contributed by atoms with Gasteiger partial charge in [-0.15, -0.1) is 0 Å². The van der Waals surface area contributed by atoms with Crippen molar-refractivity contribution in [2.24, 2.45) is 0 Å². The zero-order valence-electron chi connectivity index (χ0n) is 15.4. The van der Waals surface area contributed by atoms with Crippen LogP contribution in [0.2, 0.25) is 0 Å². The second-order valence-electron chi connectivity index (χ2n) is 6.24. The molecule has 0 saturated heterocycles. The van der Waals surface area contributed by atoms with E-state index in [1.54, 1.807) is 19.2 Å². The van der Waals surface area contributed by atoms with Crippen molar-refractivity contribution >= 4 is 5.91 Å². The number of carbonyl (C=O) groups is 1. The molecule has 138 valence electrons. The molecule has 3 aromatic rings. The number of hydrogen-bond donors (Lipinski definition) is 1. The average Bonchev–Trinajstić information content (AvgIpc) is 2.72. The van der Waals surface area contributed by atoms with Gasteiger partial charge in [0.1, 0.15) is 12.4 Å². The predicted octanol–water partition coefficient (Wildman–Crippen LogP) is 4.34. The topological polar surface area (TPSA) is 47.6 Å². The summed E-state index contributed by atoms with van der Waals surface area (Å²) >= 11 is 0. The lowest BCUT2D eigenvalue weighted by atomic mass is 10.1. The number of nitrogens with one attached hydrogen (secondary N) is 1. The highest BCUT2D eigenvalue weighted by atomic mass is 16.5. The zero-order chi connectivity index (χ0) is 18.9. The Balaban J connectivity index is 1.57. The molecule has 0 radical (unpaired) electrons. The fourth-order valence-corrected chi connectivity index (χ4v) is 2.75. The third kappa shape index (κ3) is 5.69. The summed E-state index contributed by atoms with van der Waals surface area (Å²) < 4.78 is 10.9. The van der Waals surface area contributed by atoms with Crippen molar-refractivity contribution in [3.63, 3.8) is 0 Å². The molecule has 0 atom stereocenters. The molecule has 27 heavy (non-hydrogen) atoms. The quantitative estimate of drug-likeness (QED) is 0.649. The third-order valence-corrected chi connectivity index (χ3v) is 4.10. The van der Waals surface area contributed by atoms with Crippen molar-refractivity contribution in [2.45, 2.75) is 19.8 Å². The standard InChI is InChI=1S/C23H23NO3/c1-26-16-20-10-5-9-19(13-20)15-24-23(25)21-11-6-12-22(14-21)27-17-18-7-3-2-4-8-18/h2-14H,15-17H2,1H3,(H,24,25). The summed E-state index contributed by atoms with van der Waals surface area (Å²) in [6.45, 7) is 1.49. The van der Waals surface area contributed by atoms with Crippen molar-refractivity contribution in [2.75, 3.05) is 7.11 Å². The number of carbonyl (C=O) groups excluding carboxylic acids is 1. The van der Waals surface area contributed by atoms with Gasteiger partial charge in [0.2, 0.25) is 0 Å². The molecule has 0 spiro atoms. The lowest BCUT2D eigenvalue weighted by Gasteiger charge is -2.10. The first-order chi connectivity index (χ1) is 13.2. The van der Waals surface area contributed by atoms with Crippen molar-refractivity contribution in [3.8, 4) is 5.75 Å². The van der Waals surface area contributed by atoms with Crippen molar-refractivity contribution in [1.82, 2.24) is 5.32 Å². The Morgan fingerprint density at radius 2 is 1.56 bits per heavy atom. The summed E-state index contributed by atoms with van der Waals surface area (Å²) in [6.07, 6.45) is 0. The van der Waals surface area contributed by atoms with Gasteiger partial charge in [-0.1, -0.05) is 60.7 Å². The van der Waals surface area contributed by atoms with E-state index < -0.39 is 0 Å². The summed E-state index contributed by atoms with van der Waals surface area (Å²) in [5, 5.41) is 2.95. The average molecular weight is 361 g/mol. The van der Waals surface area contributed by atoms with Gasteiger partial charge in [-0.3, -0.25) is 4.79 Å². The van der Waals surface area contributed by atoms with Gasteiger partial charge in [0.05, 0.1) is 6.61 Å². The minimum absolute atomic E-state index is 0.127. The molecule has 0 bridgehead atoms. The first-order valence-corrected chi connectivity index (χ1v) is 8.86. The minimum atomic E-state index is -0.127. The van der Waals surface area contributed by atoms with Gasteiger partial charge in [0, 0.05) is 19.2 Å². The maximum atomic E-state index is 12.5. The van der Waals surface area contributed by atoms with E-state index >= 15 is 0 Å². The van der Waals surface area contributed by atoms with E-state index in [2.05, 4.69) is 5.32 Å². The second kappa shape index (κ2) is 9.55. The van der Waals surface area contributed by atoms with Crippen LogP contribution >= 0.6 is 0 Å². The lowest BCUT2D eigenvalue weighted by molar-refractivity contribution is 0.0950. The Hall–Kier alpha value is -3.11. The van der Waals surface area contributed by atoms with Gasteiger partial charge in [-0.25, -0.2) is 0 Å². The van der Waals surface area contributed by atoms with Gasteiger partial charge < -0.3 is 14.8 Å². The molecule has 0 unspecified atom stereocenters. The number of benzene rings is 3. The van der Waals surface area contributed by atoms with E-state index in [1.165, 1.54) is 0 Å². The minimum Gasteiger partial charge on any atom is -0.489 e. The van der Waals surface area contributed by atoms with Crippen LogP contribution in [0.5, 0.6) is 5.75 Å². The van der Waals surface area contributed by atoms with Crippen LogP contribution in [0.25, 0.3) is 0 Å². The molecule has 1 N–H and O–H groups in total. The largest absolute Gasteiger partial charge is 0.489 e. The van der Waals surface area contributed by atoms with E-state index in [-0.39, 0.29) is 5.91 Å². The van der Waals surface area contributed by atoms with Crippen molar-refractivity contribution < 1.29 is 14.3 Å². The van der Waals surface area contributed by atoms with Crippen LogP contribution in [0.1, 0.15) is 27.0 Å². The number of rotatable bonds is 8. The lowest BCUT2D eigenvalue weighted by Crippen LogP contribution is -2.22. The smallest absolute Gasteiger partial charge is 0.251 e. The molecular weight excluding hydrogens is 338 g/mol. The fourth-order valence-electron chi connectivity index (χ4n) is 2.75. The Labute approximate surface area is 159 Å². The fraction of sp³-hybridized carbons (Fsp3) is 0.174. The molecule has 0 aromatic heterocycles. The Bertz CT molecular complexity index is 878. The summed E-state index contributed by atoms with van der Waals surface area (Å²) in [5.74, 6) is 0.547. The monoisotopic (exact) mass is 361 g/mol. The molecule has 0 saturated carbocycles. The molecule has 0 aliphatic rings. The van der Waals surface area contributed by atoms with Crippen LogP contribution in [0.15, 0.2) is 78.9 Å². The van der Waals surface area contributed by atoms with Gasteiger partial charge in [0.15, 0.2) is 0 Å². The van der Waals surface area contributed by atoms with E-state index in [0.29, 0.717) is 31.1 Å². The molecule has 4 heteroatoms.